The summed E-state index contributed by atoms with van der Waals surface area (Å²) in [5, 5.41) is 9.62. The number of rotatable bonds is 5. The summed E-state index contributed by atoms with van der Waals surface area (Å²) >= 11 is 0. The quantitative estimate of drug-likeness (QED) is 0.904. The molecule has 1 aliphatic heterocycles. The van der Waals surface area contributed by atoms with Crippen LogP contribution in [0.4, 0.5) is 5.69 Å². The highest BCUT2D eigenvalue weighted by Crippen LogP contribution is 2.26. The minimum Gasteiger partial charge on any atom is -0.393 e. The number of benzene rings is 1. The van der Waals surface area contributed by atoms with E-state index >= 15 is 0 Å². The molecular formula is C15H23NO3S. The molecule has 1 heterocycles. The maximum Gasteiger partial charge on any atom is 0.178 e. The predicted octanol–water partition coefficient (Wildman–Crippen LogP) is 2.08. The van der Waals surface area contributed by atoms with E-state index in [1.54, 1.807) is 12.1 Å². The summed E-state index contributed by atoms with van der Waals surface area (Å²) in [5.41, 5.74) is 1.03. The molecule has 0 radical (unpaired) electrons. The van der Waals surface area contributed by atoms with Gasteiger partial charge < -0.3 is 10.0 Å². The van der Waals surface area contributed by atoms with Crippen molar-refractivity contribution < 1.29 is 13.5 Å². The first-order valence-corrected chi connectivity index (χ1v) is 8.85. The summed E-state index contributed by atoms with van der Waals surface area (Å²) in [6.45, 7) is 5.44. The molecule has 112 valence electrons. The van der Waals surface area contributed by atoms with Gasteiger partial charge in [-0.05, 0) is 44.0 Å². The number of aliphatic hydroxyl groups is 1. The summed E-state index contributed by atoms with van der Waals surface area (Å²) < 4.78 is 23.9. The van der Waals surface area contributed by atoms with Crippen LogP contribution < -0.4 is 4.90 Å². The minimum atomic E-state index is -3.13. The normalized spacial score (nSPS) is 21.1. The lowest BCUT2D eigenvalue weighted by Gasteiger charge is -2.20. The highest BCUT2D eigenvalue weighted by atomic mass is 32.2. The number of hydrogen-bond acceptors (Lipinski definition) is 4. The molecular weight excluding hydrogens is 274 g/mol. The van der Waals surface area contributed by atoms with Crippen molar-refractivity contribution in [2.24, 2.45) is 5.92 Å². The van der Waals surface area contributed by atoms with Gasteiger partial charge in [-0.25, -0.2) is 8.42 Å². The molecule has 20 heavy (non-hydrogen) atoms. The lowest BCUT2D eigenvalue weighted by atomic mass is 10.0. The highest BCUT2D eigenvalue weighted by molar-refractivity contribution is 7.91. The number of anilines is 1. The van der Waals surface area contributed by atoms with Gasteiger partial charge in [0.1, 0.15) is 0 Å². The fraction of sp³-hybridized carbons (Fsp3) is 0.600. The number of nitrogens with zero attached hydrogens (tertiary/aromatic N) is 1. The maximum atomic E-state index is 12.0. The Morgan fingerprint density at radius 2 is 2.00 bits per heavy atom. The Labute approximate surface area is 121 Å². The van der Waals surface area contributed by atoms with E-state index in [1.807, 2.05) is 26.0 Å². The van der Waals surface area contributed by atoms with Crippen molar-refractivity contribution in [3.8, 4) is 0 Å². The Bertz CT molecular complexity index is 537. The monoisotopic (exact) mass is 297 g/mol. The Morgan fingerprint density at radius 1 is 1.35 bits per heavy atom. The van der Waals surface area contributed by atoms with Crippen molar-refractivity contribution in [1.82, 2.24) is 0 Å². The zero-order valence-corrected chi connectivity index (χ0v) is 12.9. The molecule has 5 heteroatoms. The van der Waals surface area contributed by atoms with Crippen molar-refractivity contribution in [3.63, 3.8) is 0 Å². The molecule has 1 N–H and O–H groups in total. The van der Waals surface area contributed by atoms with Crippen LogP contribution in [0.3, 0.4) is 0 Å². The van der Waals surface area contributed by atoms with Gasteiger partial charge in [0.25, 0.3) is 0 Å². The molecule has 0 aliphatic carbocycles. The van der Waals surface area contributed by atoms with Crippen LogP contribution in [0.1, 0.15) is 26.7 Å². The number of sulfone groups is 1. The zero-order valence-electron chi connectivity index (χ0n) is 12.1. The molecule has 0 saturated carbocycles. The number of aliphatic hydroxyl groups excluding tert-OH is 1. The third-order valence-corrected chi connectivity index (χ3v) is 5.88. The fourth-order valence-electron chi connectivity index (χ4n) is 2.67. The maximum absolute atomic E-state index is 12.0. The average Bonchev–Trinajstić information content (AvgIpc) is 2.88. The fourth-order valence-corrected chi connectivity index (χ4v) is 3.99. The Hall–Kier alpha value is -1.07. The second-order valence-electron chi connectivity index (χ2n) is 5.55. The van der Waals surface area contributed by atoms with Gasteiger partial charge in [0.15, 0.2) is 9.84 Å². The second-order valence-corrected chi connectivity index (χ2v) is 7.66. The molecule has 1 saturated heterocycles. The minimum absolute atomic E-state index is 0.195. The molecule has 0 aromatic heterocycles. The van der Waals surface area contributed by atoms with Crippen LogP contribution in [0.2, 0.25) is 0 Å². The van der Waals surface area contributed by atoms with Crippen LogP contribution in [0.15, 0.2) is 29.2 Å². The Morgan fingerprint density at radius 3 is 2.50 bits per heavy atom. The molecule has 4 nitrogen and oxygen atoms in total. The van der Waals surface area contributed by atoms with Crippen molar-refractivity contribution in [2.45, 2.75) is 37.7 Å². The van der Waals surface area contributed by atoms with E-state index in [0.717, 1.165) is 25.2 Å². The molecule has 2 atom stereocenters. The third kappa shape index (κ3) is 3.33. The van der Waals surface area contributed by atoms with Crippen LogP contribution in [0, 0.1) is 5.92 Å². The standard InChI is InChI=1S/C15H23NO3S/c1-3-10-20(18,19)15-6-4-14(5-7-15)16-9-8-13(11-16)12(2)17/h4-7,12-13,17H,3,8-11H2,1-2H3. The van der Waals surface area contributed by atoms with Crippen molar-refractivity contribution >= 4 is 15.5 Å². The SMILES string of the molecule is CCCS(=O)(=O)c1ccc(N2CCC(C(C)O)C2)cc1. The summed E-state index contributed by atoms with van der Waals surface area (Å²) in [4.78, 5) is 2.60. The van der Waals surface area contributed by atoms with Gasteiger partial charge in [-0.3, -0.25) is 0 Å². The molecule has 2 unspecified atom stereocenters. The molecule has 1 fully saturated rings. The third-order valence-electron chi connectivity index (χ3n) is 3.94. The van der Waals surface area contributed by atoms with Crippen molar-refractivity contribution in [2.75, 3.05) is 23.7 Å². The summed E-state index contributed by atoms with van der Waals surface area (Å²) in [7, 11) is -3.13. The van der Waals surface area contributed by atoms with Gasteiger partial charge in [0.2, 0.25) is 0 Å². The molecule has 0 bridgehead atoms. The molecule has 1 aromatic carbocycles. The van der Waals surface area contributed by atoms with Gasteiger partial charge in [0.05, 0.1) is 16.8 Å². The molecule has 1 aromatic rings. The van der Waals surface area contributed by atoms with Crippen LogP contribution in [0.5, 0.6) is 0 Å². The molecule has 0 amide bonds. The molecule has 2 rings (SSSR count). The van der Waals surface area contributed by atoms with Crippen LogP contribution in [0.25, 0.3) is 0 Å². The zero-order chi connectivity index (χ0) is 14.8. The Balaban J connectivity index is 2.10. The van der Waals surface area contributed by atoms with Gasteiger partial charge in [-0.1, -0.05) is 6.92 Å². The molecule has 0 spiro atoms. The van der Waals surface area contributed by atoms with Crippen molar-refractivity contribution in [3.05, 3.63) is 24.3 Å². The van der Waals surface area contributed by atoms with Gasteiger partial charge >= 0.3 is 0 Å². The predicted molar refractivity (Wildman–Crippen MR) is 80.8 cm³/mol. The first-order valence-electron chi connectivity index (χ1n) is 7.20. The molecule has 1 aliphatic rings. The lowest BCUT2D eigenvalue weighted by Crippen LogP contribution is -2.23. The van der Waals surface area contributed by atoms with Gasteiger partial charge in [-0.15, -0.1) is 0 Å². The van der Waals surface area contributed by atoms with E-state index in [0.29, 0.717) is 17.2 Å². The van der Waals surface area contributed by atoms with E-state index in [9.17, 15) is 13.5 Å². The first kappa shape index (κ1) is 15.3. The van der Waals surface area contributed by atoms with E-state index in [1.165, 1.54) is 0 Å². The highest BCUT2D eigenvalue weighted by Gasteiger charge is 2.26. The van der Waals surface area contributed by atoms with E-state index in [2.05, 4.69) is 4.90 Å². The Kier molecular flexibility index (Phi) is 4.70. The summed E-state index contributed by atoms with van der Waals surface area (Å²) in [6, 6.07) is 7.12. The van der Waals surface area contributed by atoms with E-state index < -0.39 is 9.84 Å². The average molecular weight is 297 g/mol. The second kappa shape index (κ2) is 6.14. The van der Waals surface area contributed by atoms with Crippen LogP contribution in [-0.4, -0.2) is 38.5 Å². The summed E-state index contributed by atoms with van der Waals surface area (Å²) in [6.07, 6.45) is 1.32. The van der Waals surface area contributed by atoms with Crippen molar-refractivity contribution in [1.29, 1.82) is 0 Å². The largest absolute Gasteiger partial charge is 0.393 e. The smallest absolute Gasteiger partial charge is 0.178 e. The van der Waals surface area contributed by atoms with Gasteiger partial charge in [-0.2, -0.15) is 0 Å². The lowest BCUT2D eigenvalue weighted by molar-refractivity contribution is 0.136. The number of hydrogen-bond donors (Lipinski definition) is 1. The topological polar surface area (TPSA) is 57.6 Å². The van der Waals surface area contributed by atoms with E-state index in [4.69, 9.17) is 0 Å². The van der Waals surface area contributed by atoms with Crippen LogP contribution in [-0.2, 0) is 9.84 Å². The first-order chi connectivity index (χ1) is 9.44. The van der Waals surface area contributed by atoms with Crippen LogP contribution >= 0.6 is 0 Å². The summed E-state index contributed by atoms with van der Waals surface area (Å²) in [5.74, 6) is 0.499. The van der Waals surface area contributed by atoms with Gasteiger partial charge in [0, 0.05) is 24.7 Å². The van der Waals surface area contributed by atoms with E-state index in [-0.39, 0.29) is 11.9 Å².